The summed E-state index contributed by atoms with van der Waals surface area (Å²) in [7, 11) is 0. The van der Waals surface area contributed by atoms with Gasteiger partial charge >= 0.3 is 0 Å². The van der Waals surface area contributed by atoms with Gasteiger partial charge in [-0.2, -0.15) is 0 Å². The lowest BCUT2D eigenvalue weighted by Crippen LogP contribution is -2.21. The second-order valence-electron chi connectivity index (χ2n) is 4.96. The van der Waals surface area contributed by atoms with Gasteiger partial charge in [0.05, 0.1) is 11.4 Å². The van der Waals surface area contributed by atoms with Gasteiger partial charge in [0.1, 0.15) is 5.82 Å². The molecule has 3 rings (SSSR count). The molecule has 0 atom stereocenters. The summed E-state index contributed by atoms with van der Waals surface area (Å²) < 4.78 is 0. The molecule has 1 aromatic carbocycles. The number of aryl methyl sites for hydroxylation is 2. The van der Waals surface area contributed by atoms with Gasteiger partial charge in [-0.1, -0.05) is 24.3 Å². The number of hydrogen-bond acceptors (Lipinski definition) is 3. The van der Waals surface area contributed by atoms with E-state index in [1.54, 1.807) is 0 Å². The molecule has 0 bridgehead atoms. The lowest BCUT2D eigenvalue weighted by atomic mass is 10.1. The van der Waals surface area contributed by atoms with Crippen molar-refractivity contribution in [3.8, 4) is 0 Å². The van der Waals surface area contributed by atoms with Gasteiger partial charge in [-0.15, -0.1) is 0 Å². The molecule has 0 aliphatic heterocycles. The monoisotopic (exact) mass is 239 g/mol. The average molecular weight is 239 g/mol. The molecule has 0 saturated heterocycles. The Morgan fingerprint density at radius 1 is 1.11 bits per heavy atom. The maximum absolute atomic E-state index is 4.53. The summed E-state index contributed by atoms with van der Waals surface area (Å²) in [6.45, 7) is 3.97. The molecule has 0 radical (unpaired) electrons. The first kappa shape index (κ1) is 11.2. The second kappa shape index (κ2) is 4.41. The number of fused-ring (bicyclic) bond motifs is 1. The molecule has 3 nitrogen and oxygen atoms in total. The predicted molar refractivity (Wildman–Crippen MR) is 72.8 cm³/mol. The zero-order valence-corrected chi connectivity index (χ0v) is 10.8. The molecule has 0 fully saturated rings. The Bertz CT molecular complexity index is 553. The zero-order chi connectivity index (χ0) is 12.5. The Kier molecular flexibility index (Phi) is 2.74. The van der Waals surface area contributed by atoms with E-state index in [4.69, 9.17) is 0 Å². The fraction of sp³-hybridized carbons (Fsp3) is 0.333. The fourth-order valence-electron chi connectivity index (χ4n) is 2.53. The number of nitrogens with zero attached hydrogens (tertiary/aromatic N) is 2. The van der Waals surface area contributed by atoms with Crippen LogP contribution in [0.25, 0.3) is 0 Å². The van der Waals surface area contributed by atoms with Gasteiger partial charge in [0.15, 0.2) is 0 Å². The fourth-order valence-corrected chi connectivity index (χ4v) is 2.53. The topological polar surface area (TPSA) is 37.8 Å². The van der Waals surface area contributed by atoms with Crippen molar-refractivity contribution in [2.45, 2.75) is 32.7 Å². The number of anilines is 1. The first-order valence-electron chi connectivity index (χ1n) is 6.36. The minimum Gasteiger partial charge on any atom is -0.365 e. The average Bonchev–Trinajstić information content (AvgIpc) is 2.76. The molecule has 1 aromatic heterocycles. The van der Waals surface area contributed by atoms with Crippen molar-refractivity contribution in [2.24, 2.45) is 0 Å². The van der Waals surface area contributed by atoms with E-state index in [0.29, 0.717) is 6.04 Å². The van der Waals surface area contributed by atoms with Gasteiger partial charge in [-0.3, -0.25) is 4.98 Å². The highest BCUT2D eigenvalue weighted by molar-refractivity contribution is 5.44. The summed E-state index contributed by atoms with van der Waals surface area (Å²) in [6, 6.07) is 9.09. The second-order valence-corrected chi connectivity index (χ2v) is 4.96. The standard InChI is InChI=1S/C15H17N3/c1-10-9-16-11(2)15(17-10)18-14-7-12-5-3-4-6-13(12)8-14/h3-6,9,14H,7-8H2,1-2H3,(H,17,18). The summed E-state index contributed by atoms with van der Waals surface area (Å²) in [4.78, 5) is 8.87. The Morgan fingerprint density at radius 3 is 2.44 bits per heavy atom. The van der Waals surface area contributed by atoms with Gasteiger partial charge in [0, 0.05) is 12.2 Å². The lowest BCUT2D eigenvalue weighted by molar-refractivity contribution is 0.764. The smallest absolute Gasteiger partial charge is 0.147 e. The first-order chi connectivity index (χ1) is 8.72. The molecular formula is C15H17N3. The molecule has 92 valence electrons. The normalized spacial score (nSPS) is 14.6. The number of rotatable bonds is 2. The molecule has 2 aromatic rings. The highest BCUT2D eigenvalue weighted by atomic mass is 15.0. The van der Waals surface area contributed by atoms with Crippen LogP contribution in [0.4, 0.5) is 5.82 Å². The van der Waals surface area contributed by atoms with Crippen molar-refractivity contribution in [1.82, 2.24) is 9.97 Å². The molecule has 1 heterocycles. The lowest BCUT2D eigenvalue weighted by Gasteiger charge is -2.14. The van der Waals surface area contributed by atoms with Crippen LogP contribution in [0.5, 0.6) is 0 Å². The predicted octanol–water partition coefficient (Wildman–Crippen LogP) is 2.67. The maximum Gasteiger partial charge on any atom is 0.147 e. The molecule has 0 unspecified atom stereocenters. The van der Waals surface area contributed by atoms with Crippen LogP contribution < -0.4 is 5.32 Å². The number of hydrogen-bond donors (Lipinski definition) is 1. The van der Waals surface area contributed by atoms with E-state index in [1.165, 1.54) is 11.1 Å². The van der Waals surface area contributed by atoms with Gasteiger partial charge < -0.3 is 5.32 Å². The SMILES string of the molecule is Cc1cnc(C)c(NC2Cc3ccccc3C2)n1. The molecule has 0 amide bonds. The molecule has 0 saturated carbocycles. The molecule has 1 aliphatic carbocycles. The number of aromatic nitrogens is 2. The Balaban J connectivity index is 1.78. The maximum atomic E-state index is 4.53. The van der Waals surface area contributed by atoms with E-state index in [2.05, 4.69) is 39.6 Å². The van der Waals surface area contributed by atoms with E-state index < -0.39 is 0 Å². The summed E-state index contributed by atoms with van der Waals surface area (Å²) in [5, 5.41) is 3.52. The third-order valence-electron chi connectivity index (χ3n) is 3.47. The van der Waals surface area contributed by atoms with Crippen LogP contribution in [0.15, 0.2) is 30.5 Å². The van der Waals surface area contributed by atoms with Crippen LogP contribution in [0, 0.1) is 13.8 Å². The number of nitrogens with one attached hydrogen (secondary N) is 1. The summed E-state index contributed by atoms with van der Waals surface area (Å²) in [6.07, 6.45) is 3.96. The van der Waals surface area contributed by atoms with Crippen molar-refractivity contribution < 1.29 is 0 Å². The van der Waals surface area contributed by atoms with Crippen molar-refractivity contribution in [3.63, 3.8) is 0 Å². The van der Waals surface area contributed by atoms with E-state index in [-0.39, 0.29) is 0 Å². The highest BCUT2D eigenvalue weighted by Crippen LogP contribution is 2.24. The van der Waals surface area contributed by atoms with Gasteiger partial charge in [0.2, 0.25) is 0 Å². The molecule has 3 heteroatoms. The quantitative estimate of drug-likeness (QED) is 0.875. The molecular weight excluding hydrogens is 222 g/mol. The summed E-state index contributed by atoms with van der Waals surface area (Å²) in [5.41, 5.74) is 4.83. The zero-order valence-electron chi connectivity index (χ0n) is 10.8. The van der Waals surface area contributed by atoms with Crippen LogP contribution >= 0.6 is 0 Å². The van der Waals surface area contributed by atoms with Crippen molar-refractivity contribution in [3.05, 3.63) is 53.0 Å². The van der Waals surface area contributed by atoms with Gasteiger partial charge in [-0.25, -0.2) is 4.98 Å². The van der Waals surface area contributed by atoms with Crippen molar-refractivity contribution in [2.75, 3.05) is 5.32 Å². The third-order valence-corrected chi connectivity index (χ3v) is 3.47. The van der Waals surface area contributed by atoms with Crippen LogP contribution in [0.2, 0.25) is 0 Å². The van der Waals surface area contributed by atoms with Crippen LogP contribution in [-0.2, 0) is 12.8 Å². The number of benzene rings is 1. The largest absolute Gasteiger partial charge is 0.365 e. The van der Waals surface area contributed by atoms with Gasteiger partial charge in [-0.05, 0) is 37.8 Å². The van der Waals surface area contributed by atoms with Crippen molar-refractivity contribution in [1.29, 1.82) is 0 Å². The van der Waals surface area contributed by atoms with Crippen LogP contribution in [0.3, 0.4) is 0 Å². The van der Waals surface area contributed by atoms with Crippen LogP contribution in [0.1, 0.15) is 22.5 Å². The van der Waals surface area contributed by atoms with E-state index in [1.807, 2.05) is 20.0 Å². The Labute approximate surface area is 107 Å². The van der Waals surface area contributed by atoms with E-state index in [9.17, 15) is 0 Å². The molecule has 1 N–H and O–H groups in total. The Morgan fingerprint density at radius 2 is 1.78 bits per heavy atom. The van der Waals surface area contributed by atoms with E-state index in [0.717, 1.165) is 30.0 Å². The summed E-state index contributed by atoms with van der Waals surface area (Å²) in [5.74, 6) is 0.924. The minimum absolute atomic E-state index is 0.442. The van der Waals surface area contributed by atoms with E-state index >= 15 is 0 Å². The highest BCUT2D eigenvalue weighted by Gasteiger charge is 2.21. The van der Waals surface area contributed by atoms with Gasteiger partial charge in [0.25, 0.3) is 0 Å². The third kappa shape index (κ3) is 2.08. The summed E-state index contributed by atoms with van der Waals surface area (Å²) >= 11 is 0. The Hall–Kier alpha value is -1.90. The van der Waals surface area contributed by atoms with Crippen LogP contribution in [-0.4, -0.2) is 16.0 Å². The molecule has 1 aliphatic rings. The molecule has 0 spiro atoms. The minimum atomic E-state index is 0.442. The van der Waals surface area contributed by atoms with Crippen molar-refractivity contribution >= 4 is 5.82 Å². The first-order valence-corrected chi connectivity index (χ1v) is 6.36. The molecule has 18 heavy (non-hydrogen) atoms.